The maximum atomic E-state index is 6.09. The summed E-state index contributed by atoms with van der Waals surface area (Å²) in [4.78, 5) is 8.51. The Labute approximate surface area is 168 Å². The van der Waals surface area contributed by atoms with Gasteiger partial charge in [0.05, 0.1) is 11.4 Å². The molecule has 0 bridgehead atoms. The third-order valence-electron chi connectivity index (χ3n) is 4.91. The van der Waals surface area contributed by atoms with Crippen LogP contribution in [0.3, 0.4) is 0 Å². The van der Waals surface area contributed by atoms with E-state index >= 15 is 0 Å². The van der Waals surface area contributed by atoms with Crippen molar-refractivity contribution in [3.05, 3.63) is 102 Å². The summed E-state index contributed by atoms with van der Waals surface area (Å²) in [7, 11) is 0. The Kier molecular flexibility index (Phi) is 4.19. The lowest BCUT2D eigenvalue weighted by atomic mass is 10.1. The van der Waals surface area contributed by atoms with E-state index in [2.05, 4.69) is 59.6 Å². The van der Waals surface area contributed by atoms with Gasteiger partial charge >= 0.3 is 0 Å². The highest BCUT2D eigenvalue weighted by Gasteiger charge is 2.15. The molecule has 0 saturated heterocycles. The second-order valence-corrected chi connectivity index (χ2v) is 7.18. The topological polar surface area (TPSA) is 28.7 Å². The standard InChI is InChI=1S/C25H17ClN2/c26-22-14-12-19(13-15-22)24-23(18-7-2-1-3-8-18)27-25(28-24)21-11-10-17-6-4-5-9-20(17)16-21/h1-16H,(H,27,28). The molecule has 2 nitrogen and oxygen atoms in total. The molecular formula is C25H17ClN2. The summed E-state index contributed by atoms with van der Waals surface area (Å²) in [5.74, 6) is 0.856. The SMILES string of the molecule is Clc1ccc(-c2[nH]c(-c3ccc4ccccc4c3)nc2-c2ccccc2)cc1. The van der Waals surface area contributed by atoms with Gasteiger partial charge in [0.1, 0.15) is 5.82 Å². The summed E-state index contributed by atoms with van der Waals surface area (Å²) in [5.41, 5.74) is 5.13. The summed E-state index contributed by atoms with van der Waals surface area (Å²) in [6.45, 7) is 0. The lowest BCUT2D eigenvalue weighted by Gasteiger charge is -2.03. The predicted octanol–water partition coefficient (Wildman–Crippen LogP) is 7.22. The van der Waals surface area contributed by atoms with Gasteiger partial charge in [-0.1, -0.05) is 90.5 Å². The third kappa shape index (κ3) is 3.08. The minimum Gasteiger partial charge on any atom is -0.337 e. The van der Waals surface area contributed by atoms with Crippen molar-refractivity contribution in [3.63, 3.8) is 0 Å². The van der Waals surface area contributed by atoms with Crippen molar-refractivity contribution in [1.82, 2.24) is 9.97 Å². The van der Waals surface area contributed by atoms with Crippen LogP contribution in [0.1, 0.15) is 0 Å². The lowest BCUT2D eigenvalue weighted by Crippen LogP contribution is -1.83. The normalized spacial score (nSPS) is 11.0. The van der Waals surface area contributed by atoms with Crippen molar-refractivity contribution < 1.29 is 0 Å². The van der Waals surface area contributed by atoms with E-state index in [0.29, 0.717) is 0 Å². The van der Waals surface area contributed by atoms with Gasteiger partial charge in [0.15, 0.2) is 0 Å². The fraction of sp³-hybridized carbons (Fsp3) is 0. The number of imidazole rings is 1. The van der Waals surface area contributed by atoms with Gasteiger partial charge in [-0.3, -0.25) is 0 Å². The smallest absolute Gasteiger partial charge is 0.138 e. The number of hydrogen-bond acceptors (Lipinski definition) is 1. The molecule has 4 aromatic carbocycles. The van der Waals surface area contributed by atoms with E-state index in [0.717, 1.165) is 38.9 Å². The highest BCUT2D eigenvalue weighted by Crippen LogP contribution is 2.34. The van der Waals surface area contributed by atoms with Gasteiger partial charge in [-0.05, 0) is 29.0 Å². The number of fused-ring (bicyclic) bond motifs is 1. The molecule has 1 aromatic heterocycles. The second-order valence-electron chi connectivity index (χ2n) is 6.74. The van der Waals surface area contributed by atoms with Crippen LogP contribution in [0.25, 0.3) is 44.7 Å². The highest BCUT2D eigenvalue weighted by atomic mass is 35.5. The zero-order chi connectivity index (χ0) is 18.9. The number of rotatable bonds is 3. The fourth-order valence-electron chi connectivity index (χ4n) is 3.48. The molecule has 5 rings (SSSR count). The van der Waals surface area contributed by atoms with E-state index in [1.807, 2.05) is 42.5 Å². The minimum atomic E-state index is 0.722. The second kappa shape index (κ2) is 6.99. The Balaban J connectivity index is 1.69. The van der Waals surface area contributed by atoms with Crippen molar-refractivity contribution in [3.8, 4) is 33.9 Å². The first-order chi connectivity index (χ1) is 13.8. The van der Waals surface area contributed by atoms with Crippen LogP contribution in [-0.2, 0) is 0 Å². The van der Waals surface area contributed by atoms with Crippen LogP contribution in [0.15, 0.2) is 97.1 Å². The van der Waals surface area contributed by atoms with Crippen LogP contribution >= 0.6 is 11.6 Å². The third-order valence-corrected chi connectivity index (χ3v) is 5.16. The van der Waals surface area contributed by atoms with E-state index in [9.17, 15) is 0 Å². The molecular weight excluding hydrogens is 364 g/mol. The Bertz CT molecular complexity index is 1250. The predicted molar refractivity (Wildman–Crippen MR) is 117 cm³/mol. The molecule has 1 N–H and O–H groups in total. The number of hydrogen-bond donors (Lipinski definition) is 1. The Morgan fingerprint density at radius 3 is 2.07 bits per heavy atom. The molecule has 28 heavy (non-hydrogen) atoms. The number of nitrogens with zero attached hydrogens (tertiary/aromatic N) is 1. The van der Waals surface area contributed by atoms with Gasteiger partial charge in [-0.25, -0.2) is 4.98 Å². The number of benzene rings is 4. The zero-order valence-electron chi connectivity index (χ0n) is 15.1. The van der Waals surface area contributed by atoms with Gasteiger partial charge < -0.3 is 4.98 Å². The first kappa shape index (κ1) is 16.8. The summed E-state index contributed by atoms with van der Waals surface area (Å²) in [6.07, 6.45) is 0. The van der Waals surface area contributed by atoms with Gasteiger partial charge in [-0.15, -0.1) is 0 Å². The number of aromatic amines is 1. The monoisotopic (exact) mass is 380 g/mol. The molecule has 0 aliphatic carbocycles. The number of halogens is 1. The van der Waals surface area contributed by atoms with Gasteiger partial charge in [0.2, 0.25) is 0 Å². The molecule has 0 saturated carbocycles. The molecule has 0 atom stereocenters. The number of nitrogens with one attached hydrogen (secondary N) is 1. The van der Waals surface area contributed by atoms with Crippen molar-refractivity contribution in [2.24, 2.45) is 0 Å². The van der Waals surface area contributed by atoms with Crippen LogP contribution in [-0.4, -0.2) is 9.97 Å². The van der Waals surface area contributed by atoms with Crippen LogP contribution in [0.2, 0.25) is 5.02 Å². The van der Waals surface area contributed by atoms with E-state index in [4.69, 9.17) is 16.6 Å². The lowest BCUT2D eigenvalue weighted by molar-refractivity contribution is 1.31. The molecule has 0 aliphatic heterocycles. The molecule has 0 fully saturated rings. The van der Waals surface area contributed by atoms with E-state index in [1.54, 1.807) is 0 Å². The molecule has 134 valence electrons. The van der Waals surface area contributed by atoms with Crippen LogP contribution in [0, 0.1) is 0 Å². The highest BCUT2D eigenvalue weighted by molar-refractivity contribution is 6.30. The molecule has 3 heteroatoms. The molecule has 0 spiro atoms. The summed E-state index contributed by atoms with van der Waals surface area (Å²) >= 11 is 6.09. The minimum absolute atomic E-state index is 0.722. The summed E-state index contributed by atoms with van der Waals surface area (Å²) < 4.78 is 0. The largest absolute Gasteiger partial charge is 0.337 e. The first-order valence-corrected chi connectivity index (χ1v) is 9.56. The molecule has 0 amide bonds. The van der Waals surface area contributed by atoms with Gasteiger partial charge in [-0.2, -0.15) is 0 Å². The zero-order valence-corrected chi connectivity index (χ0v) is 15.8. The average molecular weight is 381 g/mol. The first-order valence-electron chi connectivity index (χ1n) is 9.18. The summed E-state index contributed by atoms with van der Waals surface area (Å²) in [5, 5.41) is 3.14. The van der Waals surface area contributed by atoms with Crippen molar-refractivity contribution in [2.45, 2.75) is 0 Å². The molecule has 0 aliphatic rings. The Hall–Kier alpha value is -3.36. The Morgan fingerprint density at radius 2 is 1.29 bits per heavy atom. The summed E-state index contributed by atoms with van der Waals surface area (Å²) in [6, 6.07) is 32.9. The average Bonchev–Trinajstić information content (AvgIpc) is 3.20. The maximum Gasteiger partial charge on any atom is 0.138 e. The van der Waals surface area contributed by atoms with E-state index in [1.165, 1.54) is 10.8 Å². The van der Waals surface area contributed by atoms with Gasteiger partial charge in [0.25, 0.3) is 0 Å². The molecule has 1 heterocycles. The van der Waals surface area contributed by atoms with E-state index in [-0.39, 0.29) is 0 Å². The van der Waals surface area contributed by atoms with Crippen molar-refractivity contribution >= 4 is 22.4 Å². The van der Waals surface area contributed by atoms with Gasteiger partial charge in [0, 0.05) is 21.7 Å². The van der Waals surface area contributed by atoms with Crippen LogP contribution in [0.5, 0.6) is 0 Å². The van der Waals surface area contributed by atoms with Crippen molar-refractivity contribution in [1.29, 1.82) is 0 Å². The maximum absolute atomic E-state index is 6.09. The van der Waals surface area contributed by atoms with Crippen LogP contribution < -0.4 is 0 Å². The molecule has 0 unspecified atom stereocenters. The Morgan fingerprint density at radius 1 is 0.607 bits per heavy atom. The molecule has 0 radical (unpaired) electrons. The molecule has 5 aromatic rings. The van der Waals surface area contributed by atoms with E-state index < -0.39 is 0 Å². The van der Waals surface area contributed by atoms with Crippen LogP contribution in [0.4, 0.5) is 0 Å². The number of aromatic nitrogens is 2. The number of H-pyrrole nitrogens is 1. The van der Waals surface area contributed by atoms with Crippen molar-refractivity contribution in [2.75, 3.05) is 0 Å². The fourth-order valence-corrected chi connectivity index (χ4v) is 3.60. The quantitative estimate of drug-likeness (QED) is 0.351.